The lowest BCUT2D eigenvalue weighted by molar-refractivity contribution is -0.141. The van der Waals surface area contributed by atoms with E-state index in [-0.39, 0.29) is 5.82 Å². The SMILES string of the molecule is N=C(/C=C\c1ncc(-c2cc(N3CCC[C@@H](C(=O)O)C3)ncn2)[nH]1)C(F)(F)F. The van der Waals surface area contributed by atoms with Gasteiger partial charge in [0.05, 0.1) is 23.5 Å². The molecule has 11 heteroatoms. The fourth-order valence-corrected chi connectivity index (χ4v) is 2.86. The monoisotopic (exact) mass is 394 g/mol. The second-order valence-electron chi connectivity index (χ2n) is 6.31. The summed E-state index contributed by atoms with van der Waals surface area (Å²) < 4.78 is 37.1. The molecule has 1 aliphatic heterocycles. The number of H-pyrrole nitrogens is 1. The van der Waals surface area contributed by atoms with Gasteiger partial charge in [-0.1, -0.05) is 0 Å². The number of carboxylic acid groups (broad SMARTS) is 1. The first-order chi connectivity index (χ1) is 13.2. The lowest BCUT2D eigenvalue weighted by atomic mass is 9.98. The van der Waals surface area contributed by atoms with Crippen LogP contribution in [-0.2, 0) is 4.79 Å². The van der Waals surface area contributed by atoms with Crippen LogP contribution in [0.25, 0.3) is 17.5 Å². The number of piperidine rings is 1. The summed E-state index contributed by atoms with van der Waals surface area (Å²) in [7, 11) is 0. The van der Waals surface area contributed by atoms with Gasteiger partial charge in [0, 0.05) is 19.2 Å². The van der Waals surface area contributed by atoms with E-state index in [1.807, 2.05) is 4.90 Å². The molecule has 0 radical (unpaired) electrons. The van der Waals surface area contributed by atoms with E-state index in [1.165, 1.54) is 12.5 Å². The fraction of sp³-hybridized carbons (Fsp3) is 0.353. The van der Waals surface area contributed by atoms with Crippen LogP contribution in [-0.4, -0.2) is 56.0 Å². The minimum atomic E-state index is -4.71. The van der Waals surface area contributed by atoms with Crippen molar-refractivity contribution in [1.29, 1.82) is 5.41 Å². The first-order valence-corrected chi connectivity index (χ1v) is 8.43. The predicted molar refractivity (Wildman–Crippen MR) is 95.0 cm³/mol. The Kier molecular flexibility index (Phi) is 5.43. The van der Waals surface area contributed by atoms with Crippen molar-refractivity contribution >= 4 is 23.6 Å². The lowest BCUT2D eigenvalue weighted by Crippen LogP contribution is -2.39. The number of carboxylic acids is 1. The van der Waals surface area contributed by atoms with Crippen molar-refractivity contribution in [3.63, 3.8) is 0 Å². The van der Waals surface area contributed by atoms with Gasteiger partial charge in [-0.2, -0.15) is 13.2 Å². The van der Waals surface area contributed by atoms with Crippen LogP contribution < -0.4 is 4.90 Å². The summed E-state index contributed by atoms with van der Waals surface area (Å²) in [6.07, 6.45) is 1.07. The number of hydrogen-bond donors (Lipinski definition) is 3. The molecule has 0 amide bonds. The Labute approximate surface area is 157 Å². The van der Waals surface area contributed by atoms with Gasteiger partial charge in [0.1, 0.15) is 23.7 Å². The maximum Gasteiger partial charge on any atom is 0.432 e. The lowest BCUT2D eigenvalue weighted by Gasteiger charge is -2.31. The number of anilines is 1. The van der Waals surface area contributed by atoms with Crippen LogP contribution in [0.15, 0.2) is 24.7 Å². The molecular weight excluding hydrogens is 377 g/mol. The Hall–Kier alpha value is -3.24. The Morgan fingerprint density at radius 3 is 2.86 bits per heavy atom. The molecule has 1 aliphatic rings. The highest BCUT2D eigenvalue weighted by Gasteiger charge is 2.32. The highest BCUT2D eigenvalue weighted by Crippen LogP contribution is 2.25. The third-order valence-electron chi connectivity index (χ3n) is 4.33. The van der Waals surface area contributed by atoms with E-state index in [4.69, 9.17) is 5.41 Å². The standard InChI is InChI=1S/C17H17F3N6O2/c18-17(19,20)13(21)3-4-14-22-7-12(25-14)11-6-15(24-9-23-11)26-5-1-2-10(8-26)16(27)28/h3-4,6-7,9-10,21H,1-2,5,8H2,(H,22,25)(H,27,28)/b4-3-,21-13?/t10-/m1/s1. The minimum absolute atomic E-state index is 0.146. The van der Waals surface area contributed by atoms with Crippen LogP contribution in [0.4, 0.5) is 19.0 Å². The molecule has 0 aliphatic carbocycles. The largest absolute Gasteiger partial charge is 0.481 e. The molecule has 3 rings (SSSR count). The molecule has 1 fully saturated rings. The number of carbonyl (C=O) groups is 1. The number of aliphatic carboxylic acids is 1. The summed E-state index contributed by atoms with van der Waals surface area (Å²) in [5, 5.41) is 16.1. The van der Waals surface area contributed by atoms with Crippen molar-refractivity contribution in [3.8, 4) is 11.4 Å². The first kappa shape index (κ1) is 19.5. The third-order valence-corrected chi connectivity index (χ3v) is 4.33. The van der Waals surface area contributed by atoms with E-state index in [0.29, 0.717) is 42.8 Å². The van der Waals surface area contributed by atoms with Crippen molar-refractivity contribution in [3.05, 3.63) is 30.5 Å². The van der Waals surface area contributed by atoms with Gasteiger partial charge < -0.3 is 15.0 Å². The number of alkyl halides is 3. The van der Waals surface area contributed by atoms with E-state index < -0.39 is 23.8 Å². The molecule has 8 nitrogen and oxygen atoms in total. The average molecular weight is 394 g/mol. The van der Waals surface area contributed by atoms with E-state index in [0.717, 1.165) is 12.5 Å². The van der Waals surface area contributed by atoms with Crippen LogP contribution in [0.1, 0.15) is 18.7 Å². The van der Waals surface area contributed by atoms with Crippen LogP contribution in [0, 0.1) is 11.3 Å². The highest BCUT2D eigenvalue weighted by atomic mass is 19.4. The van der Waals surface area contributed by atoms with E-state index in [1.54, 1.807) is 6.07 Å². The number of aromatic amines is 1. The molecule has 1 atom stereocenters. The number of halogens is 3. The van der Waals surface area contributed by atoms with Gasteiger partial charge in [-0.3, -0.25) is 10.2 Å². The van der Waals surface area contributed by atoms with Gasteiger partial charge in [-0.05, 0) is 25.0 Å². The zero-order valence-electron chi connectivity index (χ0n) is 14.6. The van der Waals surface area contributed by atoms with Gasteiger partial charge in [0.25, 0.3) is 0 Å². The van der Waals surface area contributed by atoms with E-state index in [9.17, 15) is 23.1 Å². The quantitative estimate of drug-likeness (QED) is 0.671. The maximum absolute atomic E-state index is 12.4. The van der Waals surface area contributed by atoms with Gasteiger partial charge in [0.15, 0.2) is 0 Å². The Bertz CT molecular complexity index is 908. The van der Waals surface area contributed by atoms with Crippen molar-refractivity contribution in [2.24, 2.45) is 5.92 Å². The fourth-order valence-electron chi connectivity index (χ4n) is 2.86. The molecule has 0 bridgehead atoms. The molecule has 0 aromatic carbocycles. The van der Waals surface area contributed by atoms with Gasteiger partial charge in [0.2, 0.25) is 0 Å². The van der Waals surface area contributed by atoms with Gasteiger partial charge in [-0.15, -0.1) is 0 Å². The third kappa shape index (κ3) is 4.53. The number of hydrogen-bond acceptors (Lipinski definition) is 6. The van der Waals surface area contributed by atoms with Gasteiger partial charge >= 0.3 is 12.1 Å². The van der Waals surface area contributed by atoms with Crippen LogP contribution >= 0.6 is 0 Å². The topological polar surface area (TPSA) is 119 Å². The molecule has 0 unspecified atom stereocenters. The minimum Gasteiger partial charge on any atom is -0.481 e. The Morgan fingerprint density at radius 2 is 2.14 bits per heavy atom. The summed E-state index contributed by atoms with van der Waals surface area (Å²) in [5.74, 6) is -0.581. The molecule has 0 saturated carbocycles. The number of aromatic nitrogens is 4. The summed E-state index contributed by atoms with van der Waals surface area (Å²) >= 11 is 0. The number of imidazole rings is 1. The second-order valence-corrected chi connectivity index (χ2v) is 6.31. The molecule has 2 aromatic heterocycles. The molecule has 148 valence electrons. The predicted octanol–water partition coefficient (Wildman–Crippen LogP) is 2.76. The Morgan fingerprint density at radius 1 is 1.36 bits per heavy atom. The van der Waals surface area contributed by atoms with Crippen molar-refractivity contribution in [2.75, 3.05) is 18.0 Å². The molecule has 2 aromatic rings. The second kappa shape index (κ2) is 7.79. The molecule has 28 heavy (non-hydrogen) atoms. The zero-order chi connectivity index (χ0) is 20.3. The number of allylic oxidation sites excluding steroid dienone is 1. The number of rotatable bonds is 5. The summed E-state index contributed by atoms with van der Waals surface area (Å²) in [4.78, 5) is 28.2. The van der Waals surface area contributed by atoms with E-state index >= 15 is 0 Å². The van der Waals surface area contributed by atoms with Crippen molar-refractivity contribution in [2.45, 2.75) is 19.0 Å². The Balaban J connectivity index is 1.76. The molecule has 3 N–H and O–H groups in total. The smallest absolute Gasteiger partial charge is 0.432 e. The van der Waals surface area contributed by atoms with Crippen molar-refractivity contribution < 1.29 is 23.1 Å². The van der Waals surface area contributed by atoms with Crippen molar-refractivity contribution in [1.82, 2.24) is 19.9 Å². The zero-order valence-corrected chi connectivity index (χ0v) is 14.6. The number of nitrogens with one attached hydrogen (secondary N) is 2. The highest BCUT2D eigenvalue weighted by molar-refractivity contribution is 5.99. The average Bonchev–Trinajstić information content (AvgIpc) is 3.14. The van der Waals surface area contributed by atoms with E-state index in [2.05, 4.69) is 19.9 Å². The molecular formula is C17H17F3N6O2. The normalized spacial score (nSPS) is 17.8. The van der Waals surface area contributed by atoms with Gasteiger partial charge in [-0.25, -0.2) is 15.0 Å². The van der Waals surface area contributed by atoms with Crippen LogP contribution in [0.3, 0.4) is 0 Å². The maximum atomic E-state index is 12.4. The van der Waals surface area contributed by atoms with Crippen LogP contribution in [0.5, 0.6) is 0 Å². The summed E-state index contributed by atoms with van der Waals surface area (Å²) in [6.45, 7) is 1.03. The summed E-state index contributed by atoms with van der Waals surface area (Å²) in [5.41, 5.74) is -0.540. The number of nitrogens with zero attached hydrogens (tertiary/aromatic N) is 4. The first-order valence-electron chi connectivity index (χ1n) is 8.43. The summed E-state index contributed by atoms with van der Waals surface area (Å²) in [6, 6.07) is 1.67. The molecule has 1 saturated heterocycles. The van der Waals surface area contributed by atoms with Crippen LogP contribution in [0.2, 0.25) is 0 Å². The molecule has 3 heterocycles. The molecule has 0 spiro atoms.